The lowest BCUT2D eigenvalue weighted by Gasteiger charge is -2.13. The molecule has 1 atom stereocenters. The lowest BCUT2D eigenvalue weighted by Crippen LogP contribution is -2.36. The Morgan fingerprint density at radius 1 is 0.913 bits per heavy atom. The summed E-state index contributed by atoms with van der Waals surface area (Å²) in [6.45, 7) is 0. The average molecular weight is 331 g/mol. The molecule has 0 aliphatic carbocycles. The summed E-state index contributed by atoms with van der Waals surface area (Å²) in [5.74, 6) is -14.2. The van der Waals surface area contributed by atoms with Crippen molar-refractivity contribution in [3.05, 3.63) is 65.0 Å². The van der Waals surface area contributed by atoms with Crippen molar-refractivity contribution >= 4 is 5.97 Å². The third kappa shape index (κ3) is 3.48. The zero-order valence-corrected chi connectivity index (χ0v) is 11.5. The van der Waals surface area contributed by atoms with Gasteiger partial charge < -0.3 is 10.5 Å². The van der Waals surface area contributed by atoms with Crippen molar-refractivity contribution in [2.45, 2.75) is 12.5 Å². The topological polar surface area (TPSA) is 52.3 Å². The molecular formula is C15H10F5NO2. The van der Waals surface area contributed by atoms with E-state index in [1.807, 2.05) is 0 Å². The molecule has 0 aliphatic heterocycles. The number of halogens is 5. The minimum Gasteiger partial charge on any atom is -0.419 e. The van der Waals surface area contributed by atoms with Crippen LogP contribution in [0.2, 0.25) is 0 Å². The second kappa shape index (κ2) is 6.74. The zero-order chi connectivity index (χ0) is 17.1. The fraction of sp³-hybridized carbons (Fsp3) is 0.133. The molecule has 0 saturated heterocycles. The van der Waals surface area contributed by atoms with Gasteiger partial charge in [-0.15, -0.1) is 0 Å². The summed E-state index contributed by atoms with van der Waals surface area (Å²) < 4.78 is 70.0. The molecule has 2 N–H and O–H groups in total. The van der Waals surface area contributed by atoms with Gasteiger partial charge in [0.05, 0.1) is 0 Å². The van der Waals surface area contributed by atoms with Crippen molar-refractivity contribution in [3.63, 3.8) is 0 Å². The molecule has 0 spiro atoms. The Morgan fingerprint density at radius 3 is 1.91 bits per heavy atom. The van der Waals surface area contributed by atoms with Gasteiger partial charge in [-0.1, -0.05) is 30.3 Å². The van der Waals surface area contributed by atoms with Crippen LogP contribution in [0.25, 0.3) is 0 Å². The number of rotatable bonds is 4. The third-order valence-electron chi connectivity index (χ3n) is 2.97. The number of benzene rings is 2. The first kappa shape index (κ1) is 16.9. The predicted molar refractivity (Wildman–Crippen MR) is 70.0 cm³/mol. The van der Waals surface area contributed by atoms with Crippen LogP contribution in [0.3, 0.4) is 0 Å². The lowest BCUT2D eigenvalue weighted by molar-refractivity contribution is -0.136. The molecule has 0 saturated carbocycles. The van der Waals surface area contributed by atoms with Gasteiger partial charge >= 0.3 is 5.97 Å². The standard InChI is InChI=1S/C15H10F5NO2/c16-9-10(17)12(19)14(13(20)11(9)18)23-15(22)8(21)6-7-4-2-1-3-5-7/h1-5,8H,6,21H2/t8-/m0/s1. The Labute approximate surface area is 127 Å². The highest BCUT2D eigenvalue weighted by atomic mass is 19.2. The Kier molecular flexibility index (Phi) is 4.95. The second-order valence-electron chi connectivity index (χ2n) is 4.62. The molecule has 2 aromatic rings. The van der Waals surface area contributed by atoms with Crippen LogP contribution in [-0.4, -0.2) is 12.0 Å². The van der Waals surface area contributed by atoms with Gasteiger partial charge in [-0.05, 0) is 12.0 Å². The van der Waals surface area contributed by atoms with E-state index < -0.39 is 46.8 Å². The maximum Gasteiger partial charge on any atom is 0.328 e. The van der Waals surface area contributed by atoms with Crippen molar-refractivity contribution in [2.24, 2.45) is 5.73 Å². The Bertz CT molecular complexity index is 707. The number of esters is 1. The number of hydrogen-bond acceptors (Lipinski definition) is 3. The van der Waals surface area contributed by atoms with E-state index >= 15 is 0 Å². The summed E-state index contributed by atoms with van der Waals surface area (Å²) in [4.78, 5) is 11.7. The summed E-state index contributed by atoms with van der Waals surface area (Å²) in [6, 6.07) is 7.03. The molecule has 8 heteroatoms. The van der Waals surface area contributed by atoms with Crippen LogP contribution in [0.15, 0.2) is 30.3 Å². The highest BCUT2D eigenvalue weighted by molar-refractivity contribution is 5.78. The normalized spacial score (nSPS) is 12.1. The van der Waals surface area contributed by atoms with E-state index in [1.54, 1.807) is 30.3 Å². The van der Waals surface area contributed by atoms with Gasteiger partial charge in [0, 0.05) is 0 Å². The van der Waals surface area contributed by atoms with E-state index in [4.69, 9.17) is 5.73 Å². The summed E-state index contributed by atoms with van der Waals surface area (Å²) in [5.41, 5.74) is 6.16. The van der Waals surface area contributed by atoms with Crippen LogP contribution in [0.5, 0.6) is 5.75 Å². The van der Waals surface area contributed by atoms with Crippen molar-refractivity contribution in [3.8, 4) is 5.75 Å². The van der Waals surface area contributed by atoms with Gasteiger partial charge in [0.1, 0.15) is 6.04 Å². The molecule has 0 fully saturated rings. The van der Waals surface area contributed by atoms with Gasteiger partial charge in [0.2, 0.25) is 34.8 Å². The van der Waals surface area contributed by atoms with Crippen molar-refractivity contribution in [1.82, 2.24) is 0 Å². The average Bonchev–Trinajstić information content (AvgIpc) is 2.55. The summed E-state index contributed by atoms with van der Waals surface area (Å²) in [5, 5.41) is 0. The minimum absolute atomic E-state index is 0.0327. The third-order valence-corrected chi connectivity index (χ3v) is 2.97. The monoisotopic (exact) mass is 331 g/mol. The highest BCUT2D eigenvalue weighted by Crippen LogP contribution is 2.29. The molecule has 0 amide bonds. The van der Waals surface area contributed by atoms with Crippen LogP contribution < -0.4 is 10.5 Å². The SMILES string of the molecule is N[C@@H](Cc1ccccc1)C(=O)Oc1c(F)c(F)c(F)c(F)c1F. The van der Waals surface area contributed by atoms with E-state index in [0.717, 1.165) is 0 Å². The molecule has 0 unspecified atom stereocenters. The van der Waals surface area contributed by atoms with E-state index in [-0.39, 0.29) is 6.42 Å². The number of hydrogen-bond donors (Lipinski definition) is 1. The minimum atomic E-state index is -2.34. The number of ether oxygens (including phenoxy) is 1. The van der Waals surface area contributed by atoms with Crippen LogP contribution in [0.4, 0.5) is 22.0 Å². The molecule has 0 bridgehead atoms. The maximum atomic E-state index is 13.4. The van der Waals surface area contributed by atoms with Gasteiger partial charge in [-0.2, -0.15) is 8.78 Å². The molecule has 122 valence electrons. The largest absolute Gasteiger partial charge is 0.419 e. The molecule has 0 aliphatic rings. The highest BCUT2D eigenvalue weighted by Gasteiger charge is 2.29. The molecular weight excluding hydrogens is 321 g/mol. The first-order valence-electron chi connectivity index (χ1n) is 6.35. The van der Waals surface area contributed by atoms with Crippen LogP contribution in [0, 0.1) is 29.1 Å². The van der Waals surface area contributed by atoms with Gasteiger partial charge in [-0.25, -0.2) is 18.0 Å². The quantitative estimate of drug-likeness (QED) is 0.308. The van der Waals surface area contributed by atoms with Crippen molar-refractivity contribution in [2.75, 3.05) is 0 Å². The fourth-order valence-corrected chi connectivity index (χ4v) is 1.80. The molecule has 0 heterocycles. The van der Waals surface area contributed by atoms with Gasteiger partial charge in [0.25, 0.3) is 0 Å². The predicted octanol–water partition coefficient (Wildman–Crippen LogP) is 2.86. The molecule has 0 radical (unpaired) electrons. The number of nitrogens with two attached hydrogens (primary N) is 1. The zero-order valence-electron chi connectivity index (χ0n) is 11.5. The van der Waals surface area contributed by atoms with Crippen molar-refractivity contribution in [1.29, 1.82) is 0 Å². The first-order chi connectivity index (χ1) is 10.8. The molecule has 3 nitrogen and oxygen atoms in total. The molecule has 0 aromatic heterocycles. The number of carbonyl (C=O) groups is 1. The maximum absolute atomic E-state index is 13.4. The first-order valence-corrected chi connectivity index (χ1v) is 6.35. The molecule has 2 aromatic carbocycles. The Hall–Kier alpha value is -2.48. The Morgan fingerprint density at radius 2 is 1.39 bits per heavy atom. The van der Waals surface area contributed by atoms with Crippen LogP contribution >= 0.6 is 0 Å². The van der Waals surface area contributed by atoms with E-state index in [2.05, 4.69) is 4.74 Å². The Balaban J connectivity index is 2.20. The van der Waals surface area contributed by atoms with Gasteiger partial charge in [-0.3, -0.25) is 0 Å². The van der Waals surface area contributed by atoms with E-state index in [9.17, 15) is 26.7 Å². The summed E-state index contributed by atoms with van der Waals surface area (Å²) in [7, 11) is 0. The van der Waals surface area contributed by atoms with Crippen LogP contribution in [-0.2, 0) is 11.2 Å². The molecule has 2 rings (SSSR count). The van der Waals surface area contributed by atoms with Crippen molar-refractivity contribution < 1.29 is 31.5 Å². The van der Waals surface area contributed by atoms with E-state index in [0.29, 0.717) is 5.56 Å². The van der Waals surface area contributed by atoms with Gasteiger partial charge in [0.15, 0.2) is 0 Å². The van der Waals surface area contributed by atoms with E-state index in [1.165, 1.54) is 0 Å². The molecule has 23 heavy (non-hydrogen) atoms. The smallest absolute Gasteiger partial charge is 0.328 e. The second-order valence-corrected chi connectivity index (χ2v) is 4.62. The summed E-state index contributed by atoms with van der Waals surface area (Å²) >= 11 is 0. The number of carbonyl (C=O) groups excluding carboxylic acids is 1. The lowest BCUT2D eigenvalue weighted by atomic mass is 10.1. The van der Waals surface area contributed by atoms with Crippen LogP contribution in [0.1, 0.15) is 5.56 Å². The summed E-state index contributed by atoms with van der Waals surface area (Å²) in [6.07, 6.45) is -0.0327. The fourth-order valence-electron chi connectivity index (χ4n) is 1.80.